The van der Waals surface area contributed by atoms with Gasteiger partial charge in [-0.15, -0.1) is 0 Å². The third-order valence-corrected chi connectivity index (χ3v) is 5.25. The molecule has 1 aliphatic rings. The Morgan fingerprint density at radius 3 is 2.37 bits per heavy atom. The number of ether oxygens (including phenoxy) is 1. The summed E-state index contributed by atoms with van der Waals surface area (Å²) in [6, 6.07) is 10.3. The van der Waals surface area contributed by atoms with Gasteiger partial charge >= 0.3 is 7.12 Å². The van der Waals surface area contributed by atoms with Crippen molar-refractivity contribution in [2.45, 2.75) is 64.1 Å². The largest absolute Gasteiger partial charge is 0.502 e. The first-order valence-electron chi connectivity index (χ1n) is 9.35. The molecule has 2 rings (SSSR count). The van der Waals surface area contributed by atoms with Crippen molar-refractivity contribution in [3.63, 3.8) is 0 Å². The predicted molar refractivity (Wildman–Crippen MR) is 107 cm³/mol. The molecule has 1 fully saturated rings. The third-order valence-electron chi connectivity index (χ3n) is 5.25. The van der Waals surface area contributed by atoms with Crippen LogP contribution in [0.4, 0.5) is 0 Å². The molecule has 1 heterocycles. The number of rotatable bonds is 8. The van der Waals surface area contributed by atoms with E-state index in [1.54, 1.807) is 0 Å². The van der Waals surface area contributed by atoms with Crippen LogP contribution >= 0.6 is 0 Å². The van der Waals surface area contributed by atoms with Gasteiger partial charge in [0.15, 0.2) is 0 Å². The zero-order valence-corrected chi connectivity index (χ0v) is 17.0. The fraction of sp³-hybridized carbons (Fsp3) is 0.550. The second kappa shape index (κ2) is 8.80. The van der Waals surface area contributed by atoms with Gasteiger partial charge in [0.2, 0.25) is 0 Å². The molecule has 3 N–H and O–H groups in total. The highest BCUT2D eigenvalue weighted by Gasteiger charge is 2.54. The number of nitrogens with one attached hydrogen (secondary N) is 1. The molecule has 1 saturated heterocycles. The van der Waals surface area contributed by atoms with E-state index in [-0.39, 0.29) is 11.6 Å². The fourth-order valence-corrected chi connectivity index (χ4v) is 2.93. The molecule has 148 valence electrons. The van der Waals surface area contributed by atoms with Gasteiger partial charge in [0.1, 0.15) is 12.0 Å². The van der Waals surface area contributed by atoms with Gasteiger partial charge in [-0.25, -0.2) is 0 Å². The molecule has 1 aromatic rings. The first kappa shape index (κ1) is 21.3. The van der Waals surface area contributed by atoms with Crippen molar-refractivity contribution < 1.29 is 18.8 Å². The highest BCUT2D eigenvalue weighted by atomic mass is 16.7. The number of nitrogens with two attached hydrogens (primary N) is 1. The molecule has 1 amide bonds. The monoisotopic (exact) mass is 374 g/mol. The summed E-state index contributed by atoms with van der Waals surface area (Å²) in [6.07, 6.45) is 3.72. The fourth-order valence-electron chi connectivity index (χ4n) is 2.93. The van der Waals surface area contributed by atoms with E-state index in [2.05, 4.69) is 17.4 Å². The first-order valence-corrected chi connectivity index (χ1v) is 9.35. The Bertz CT molecular complexity index is 645. The van der Waals surface area contributed by atoms with Gasteiger partial charge < -0.3 is 25.1 Å². The Morgan fingerprint density at radius 2 is 1.81 bits per heavy atom. The van der Waals surface area contributed by atoms with Crippen LogP contribution < -0.4 is 11.1 Å². The SMILES string of the molecule is CO/C=C(\N)C(=O)N[C@@H](CCCc1ccccc1)B1OC(C)(C)C(C)(C)O1. The third kappa shape index (κ3) is 5.50. The Hall–Kier alpha value is -1.99. The Kier molecular flexibility index (Phi) is 6.95. The maximum atomic E-state index is 12.4. The Morgan fingerprint density at radius 1 is 1.22 bits per heavy atom. The lowest BCUT2D eigenvalue weighted by molar-refractivity contribution is -0.118. The van der Waals surface area contributed by atoms with Crippen LogP contribution in [-0.2, 0) is 25.3 Å². The maximum absolute atomic E-state index is 12.4. The molecular formula is C20H31BN2O4. The van der Waals surface area contributed by atoms with Gasteiger partial charge in [0, 0.05) is 0 Å². The number of hydrogen-bond donors (Lipinski definition) is 2. The highest BCUT2D eigenvalue weighted by molar-refractivity contribution is 6.48. The second-order valence-electron chi connectivity index (χ2n) is 7.89. The molecule has 0 radical (unpaired) electrons. The van der Waals surface area contributed by atoms with Crippen LogP contribution in [-0.4, -0.2) is 37.3 Å². The van der Waals surface area contributed by atoms with Crippen molar-refractivity contribution >= 4 is 13.0 Å². The molecule has 0 bridgehead atoms. The lowest BCUT2D eigenvalue weighted by Gasteiger charge is -2.32. The van der Waals surface area contributed by atoms with Gasteiger partial charge in [-0.2, -0.15) is 0 Å². The average molecular weight is 374 g/mol. The molecule has 0 saturated carbocycles. The van der Waals surface area contributed by atoms with Gasteiger partial charge in [-0.3, -0.25) is 4.79 Å². The van der Waals surface area contributed by atoms with Crippen LogP contribution in [0.5, 0.6) is 0 Å². The van der Waals surface area contributed by atoms with Gasteiger partial charge in [-0.1, -0.05) is 30.3 Å². The highest BCUT2D eigenvalue weighted by Crippen LogP contribution is 2.38. The number of carbonyl (C=O) groups is 1. The lowest BCUT2D eigenvalue weighted by Crippen LogP contribution is -2.49. The number of benzene rings is 1. The Labute approximate surface area is 162 Å². The number of hydrogen-bond acceptors (Lipinski definition) is 5. The standard InChI is InChI=1S/C20H31BN2O4/c1-19(2)20(3,4)27-21(26-19)17(23-18(24)16(22)14-25-5)13-9-12-15-10-7-6-8-11-15/h6-8,10-11,14,17H,9,12-13,22H2,1-5H3,(H,23,24)/b16-14-/t17-/m0/s1. The van der Waals surface area contributed by atoms with Crippen LogP contribution in [0, 0.1) is 0 Å². The molecular weight excluding hydrogens is 343 g/mol. The zero-order valence-electron chi connectivity index (χ0n) is 17.0. The minimum atomic E-state index is -0.537. The van der Waals surface area contributed by atoms with E-state index >= 15 is 0 Å². The summed E-state index contributed by atoms with van der Waals surface area (Å²) in [7, 11) is 0.913. The van der Waals surface area contributed by atoms with Gasteiger partial charge in [-0.05, 0) is 52.5 Å². The van der Waals surface area contributed by atoms with E-state index in [1.807, 2.05) is 45.9 Å². The molecule has 6 nitrogen and oxygen atoms in total. The molecule has 0 unspecified atom stereocenters. The molecule has 7 heteroatoms. The number of aryl methyl sites for hydroxylation is 1. The summed E-state index contributed by atoms with van der Waals surface area (Å²) in [5.74, 6) is -0.706. The molecule has 0 aromatic heterocycles. The van der Waals surface area contributed by atoms with Crippen molar-refractivity contribution in [3.05, 3.63) is 47.9 Å². The first-order chi connectivity index (χ1) is 12.7. The molecule has 1 atom stereocenters. The molecule has 27 heavy (non-hydrogen) atoms. The summed E-state index contributed by atoms with van der Waals surface area (Å²) >= 11 is 0. The normalized spacial score (nSPS) is 19.6. The van der Waals surface area contributed by atoms with E-state index in [9.17, 15) is 4.79 Å². The predicted octanol–water partition coefficient (Wildman–Crippen LogP) is 2.57. The molecule has 1 aromatic carbocycles. The van der Waals surface area contributed by atoms with Crippen molar-refractivity contribution in [2.24, 2.45) is 5.73 Å². The summed E-state index contributed by atoms with van der Waals surface area (Å²) in [5.41, 5.74) is 6.09. The van der Waals surface area contributed by atoms with Crippen LogP contribution in [0.1, 0.15) is 46.1 Å². The molecule has 0 spiro atoms. The number of amides is 1. The second-order valence-corrected chi connectivity index (χ2v) is 7.89. The molecule has 0 aliphatic carbocycles. The van der Waals surface area contributed by atoms with Crippen LogP contribution in [0.25, 0.3) is 0 Å². The number of carbonyl (C=O) groups excluding carboxylic acids is 1. The van der Waals surface area contributed by atoms with Crippen LogP contribution in [0.3, 0.4) is 0 Å². The van der Waals surface area contributed by atoms with Crippen molar-refractivity contribution in [1.82, 2.24) is 5.32 Å². The van der Waals surface area contributed by atoms with Gasteiger partial charge in [0.25, 0.3) is 5.91 Å². The summed E-state index contributed by atoms with van der Waals surface area (Å²) in [5, 5.41) is 2.94. The zero-order chi connectivity index (χ0) is 20.1. The van der Waals surface area contributed by atoms with E-state index in [1.165, 1.54) is 18.9 Å². The van der Waals surface area contributed by atoms with Crippen molar-refractivity contribution in [3.8, 4) is 0 Å². The van der Waals surface area contributed by atoms with E-state index in [0.717, 1.165) is 12.8 Å². The summed E-state index contributed by atoms with van der Waals surface area (Å²) in [4.78, 5) is 12.4. The number of methoxy groups -OCH3 is 1. The van der Waals surface area contributed by atoms with Crippen LogP contribution in [0.15, 0.2) is 42.3 Å². The van der Waals surface area contributed by atoms with Crippen LogP contribution in [0.2, 0.25) is 0 Å². The van der Waals surface area contributed by atoms with Crippen molar-refractivity contribution in [1.29, 1.82) is 0 Å². The van der Waals surface area contributed by atoms with E-state index < -0.39 is 24.2 Å². The van der Waals surface area contributed by atoms with E-state index in [0.29, 0.717) is 6.42 Å². The molecule has 1 aliphatic heterocycles. The van der Waals surface area contributed by atoms with Crippen molar-refractivity contribution in [2.75, 3.05) is 7.11 Å². The maximum Gasteiger partial charge on any atom is 0.481 e. The summed E-state index contributed by atoms with van der Waals surface area (Å²) < 4.78 is 17.1. The quantitative estimate of drug-likeness (QED) is 0.415. The van der Waals surface area contributed by atoms with E-state index in [4.69, 9.17) is 19.8 Å². The average Bonchev–Trinajstić information content (AvgIpc) is 2.82. The summed E-state index contributed by atoms with van der Waals surface area (Å²) in [6.45, 7) is 7.98. The Balaban J connectivity index is 2.06. The topological polar surface area (TPSA) is 82.8 Å². The lowest BCUT2D eigenvalue weighted by atomic mass is 9.75. The minimum Gasteiger partial charge on any atom is -0.502 e. The van der Waals surface area contributed by atoms with Gasteiger partial charge in [0.05, 0.1) is 24.3 Å². The minimum absolute atomic E-state index is 0.0158. The smallest absolute Gasteiger partial charge is 0.481 e.